The van der Waals surface area contributed by atoms with Crippen LogP contribution in [0.3, 0.4) is 0 Å². The van der Waals surface area contributed by atoms with E-state index in [9.17, 15) is 4.79 Å². The van der Waals surface area contributed by atoms with Crippen molar-refractivity contribution in [1.29, 1.82) is 0 Å². The normalized spacial score (nSPS) is 11.7. The van der Waals surface area contributed by atoms with Crippen molar-refractivity contribution < 1.29 is 38.0 Å². The second-order valence-corrected chi connectivity index (χ2v) is 6.08. The van der Waals surface area contributed by atoms with Crippen LogP contribution in [0.4, 0.5) is 0 Å². The fraction of sp³-hybridized carbons (Fsp3) is 0.941. The van der Waals surface area contributed by atoms with E-state index in [1.807, 2.05) is 20.8 Å². The Kier molecular flexibility index (Phi) is 16.2. The molecular weight excluding hydrogens is 332 g/mol. The Morgan fingerprint density at radius 2 is 1.00 bits per heavy atom. The Morgan fingerprint density at radius 3 is 1.36 bits per heavy atom. The molecule has 0 fully saturated rings. The van der Waals surface area contributed by atoms with Crippen LogP contribution in [-0.2, 0) is 38.0 Å². The smallest absolute Gasteiger partial charge is 0.332 e. The minimum atomic E-state index is -0.491. The van der Waals surface area contributed by atoms with Crippen LogP contribution in [0, 0.1) is 0 Å². The number of rotatable bonds is 17. The minimum absolute atomic E-state index is 0.0658. The topological polar surface area (TPSA) is 81.7 Å². The van der Waals surface area contributed by atoms with Crippen LogP contribution in [0.25, 0.3) is 0 Å². The van der Waals surface area contributed by atoms with Crippen LogP contribution in [0.2, 0.25) is 0 Å². The number of methoxy groups -OCH3 is 1. The van der Waals surface area contributed by atoms with E-state index in [1.54, 1.807) is 7.11 Å². The summed E-state index contributed by atoms with van der Waals surface area (Å²) < 4.78 is 36.4. The first-order valence-corrected chi connectivity index (χ1v) is 8.55. The number of hydrogen-bond acceptors (Lipinski definition) is 8. The van der Waals surface area contributed by atoms with Gasteiger partial charge in [0.1, 0.15) is 12.2 Å². The van der Waals surface area contributed by atoms with E-state index >= 15 is 0 Å². The molecule has 0 radical (unpaired) electrons. The summed E-state index contributed by atoms with van der Waals surface area (Å²) in [6, 6.07) is 0. The van der Waals surface area contributed by atoms with Gasteiger partial charge >= 0.3 is 5.97 Å². The van der Waals surface area contributed by atoms with Crippen LogP contribution in [-0.4, -0.2) is 91.4 Å². The predicted octanol–water partition coefficient (Wildman–Crippen LogP) is 1.06. The zero-order valence-electron chi connectivity index (χ0n) is 16.0. The standard InChI is InChI=1S/C17H34O8/c1-17(2,3)25-16(18)15-24-14-13-23-12-11-22-10-9-21-8-7-20-6-5-19-4/h5-15H2,1-4H3. The first-order valence-electron chi connectivity index (χ1n) is 8.55. The van der Waals surface area contributed by atoms with Crippen molar-refractivity contribution in [3.63, 3.8) is 0 Å². The summed E-state index contributed by atoms with van der Waals surface area (Å²) in [4.78, 5) is 11.4. The molecule has 0 bridgehead atoms. The Hall–Kier alpha value is -0.770. The molecule has 0 aliphatic carbocycles. The molecule has 25 heavy (non-hydrogen) atoms. The highest BCUT2D eigenvalue weighted by atomic mass is 16.6. The number of esters is 1. The van der Waals surface area contributed by atoms with Crippen LogP contribution in [0.15, 0.2) is 0 Å². The Bertz CT molecular complexity index is 304. The maximum Gasteiger partial charge on any atom is 0.332 e. The van der Waals surface area contributed by atoms with E-state index < -0.39 is 5.60 Å². The summed E-state index contributed by atoms with van der Waals surface area (Å²) in [5.74, 6) is -0.375. The number of hydrogen-bond donors (Lipinski definition) is 0. The lowest BCUT2D eigenvalue weighted by Gasteiger charge is -2.19. The summed E-state index contributed by atoms with van der Waals surface area (Å²) in [7, 11) is 1.64. The Balaban J connectivity index is 3.13. The summed E-state index contributed by atoms with van der Waals surface area (Å²) >= 11 is 0. The molecule has 8 heteroatoms. The van der Waals surface area contributed by atoms with Gasteiger partial charge in [-0.05, 0) is 20.8 Å². The van der Waals surface area contributed by atoms with Gasteiger partial charge in [-0.1, -0.05) is 0 Å². The molecule has 0 aromatic rings. The predicted molar refractivity (Wildman–Crippen MR) is 91.8 cm³/mol. The Morgan fingerprint density at radius 1 is 0.640 bits per heavy atom. The molecule has 0 amide bonds. The monoisotopic (exact) mass is 366 g/mol. The lowest BCUT2D eigenvalue weighted by atomic mass is 10.2. The first kappa shape index (κ1) is 24.2. The van der Waals surface area contributed by atoms with Crippen molar-refractivity contribution >= 4 is 5.97 Å². The van der Waals surface area contributed by atoms with Gasteiger partial charge < -0.3 is 33.2 Å². The largest absolute Gasteiger partial charge is 0.458 e. The summed E-state index contributed by atoms with van der Waals surface area (Å²) in [5, 5.41) is 0. The highest BCUT2D eigenvalue weighted by molar-refractivity contribution is 5.71. The fourth-order valence-corrected chi connectivity index (χ4v) is 1.55. The third kappa shape index (κ3) is 21.2. The molecule has 0 aliphatic heterocycles. The molecule has 0 saturated heterocycles. The maximum atomic E-state index is 11.4. The maximum absolute atomic E-state index is 11.4. The van der Waals surface area contributed by atoms with E-state index in [0.717, 1.165) is 0 Å². The van der Waals surface area contributed by atoms with E-state index in [0.29, 0.717) is 66.1 Å². The van der Waals surface area contributed by atoms with Crippen molar-refractivity contribution in [1.82, 2.24) is 0 Å². The van der Waals surface area contributed by atoms with Gasteiger partial charge in [-0.25, -0.2) is 4.79 Å². The van der Waals surface area contributed by atoms with E-state index in [-0.39, 0.29) is 12.6 Å². The third-order valence-electron chi connectivity index (χ3n) is 2.56. The average Bonchev–Trinajstić information content (AvgIpc) is 2.53. The van der Waals surface area contributed by atoms with Crippen molar-refractivity contribution in [3.05, 3.63) is 0 Å². The van der Waals surface area contributed by atoms with Crippen LogP contribution < -0.4 is 0 Å². The van der Waals surface area contributed by atoms with Gasteiger partial charge in [0.05, 0.1) is 66.1 Å². The summed E-state index contributed by atoms with van der Waals surface area (Å²) in [5.41, 5.74) is -0.491. The molecule has 150 valence electrons. The molecule has 0 heterocycles. The lowest BCUT2D eigenvalue weighted by Crippen LogP contribution is -2.27. The molecule has 0 spiro atoms. The Labute approximate surface area is 151 Å². The molecule has 0 aliphatic rings. The molecular formula is C17H34O8. The molecule has 0 rings (SSSR count). The summed E-state index contributed by atoms with van der Waals surface area (Å²) in [6.45, 7) is 10.4. The molecule has 0 saturated carbocycles. The first-order chi connectivity index (χ1) is 12.0. The SMILES string of the molecule is COCCOCCOCCOCCOCCOCC(=O)OC(C)(C)C. The van der Waals surface area contributed by atoms with Crippen LogP contribution >= 0.6 is 0 Å². The molecule has 0 unspecified atom stereocenters. The van der Waals surface area contributed by atoms with E-state index in [1.165, 1.54) is 0 Å². The van der Waals surface area contributed by atoms with Gasteiger partial charge in [-0.15, -0.1) is 0 Å². The lowest BCUT2D eigenvalue weighted by molar-refractivity contribution is -0.160. The minimum Gasteiger partial charge on any atom is -0.458 e. The van der Waals surface area contributed by atoms with Gasteiger partial charge in [0, 0.05) is 7.11 Å². The molecule has 8 nitrogen and oxygen atoms in total. The van der Waals surface area contributed by atoms with Crippen LogP contribution in [0.1, 0.15) is 20.8 Å². The zero-order valence-corrected chi connectivity index (χ0v) is 16.0. The van der Waals surface area contributed by atoms with Gasteiger partial charge in [0.2, 0.25) is 0 Å². The summed E-state index contributed by atoms with van der Waals surface area (Å²) in [6.07, 6.45) is 0. The number of carbonyl (C=O) groups is 1. The van der Waals surface area contributed by atoms with Crippen molar-refractivity contribution in [2.24, 2.45) is 0 Å². The number of carbonyl (C=O) groups excluding carboxylic acids is 1. The quantitative estimate of drug-likeness (QED) is 0.279. The second-order valence-electron chi connectivity index (χ2n) is 6.08. The number of ether oxygens (including phenoxy) is 7. The van der Waals surface area contributed by atoms with Crippen molar-refractivity contribution in [3.8, 4) is 0 Å². The molecule has 0 aromatic heterocycles. The van der Waals surface area contributed by atoms with E-state index in [2.05, 4.69) is 0 Å². The van der Waals surface area contributed by atoms with Crippen LogP contribution in [0.5, 0.6) is 0 Å². The molecule has 0 atom stereocenters. The van der Waals surface area contributed by atoms with Crippen molar-refractivity contribution in [2.45, 2.75) is 26.4 Å². The molecule has 0 aromatic carbocycles. The van der Waals surface area contributed by atoms with Gasteiger partial charge in [0.15, 0.2) is 0 Å². The average molecular weight is 366 g/mol. The van der Waals surface area contributed by atoms with Gasteiger partial charge in [-0.3, -0.25) is 0 Å². The second kappa shape index (κ2) is 16.7. The highest BCUT2D eigenvalue weighted by Crippen LogP contribution is 2.06. The zero-order chi connectivity index (χ0) is 18.8. The van der Waals surface area contributed by atoms with Gasteiger partial charge in [-0.2, -0.15) is 0 Å². The molecule has 0 N–H and O–H groups in total. The third-order valence-corrected chi connectivity index (χ3v) is 2.56. The van der Waals surface area contributed by atoms with E-state index in [4.69, 9.17) is 33.2 Å². The highest BCUT2D eigenvalue weighted by Gasteiger charge is 2.15. The fourth-order valence-electron chi connectivity index (χ4n) is 1.55. The van der Waals surface area contributed by atoms with Gasteiger partial charge in [0.25, 0.3) is 0 Å². The van der Waals surface area contributed by atoms with Crippen molar-refractivity contribution in [2.75, 3.05) is 79.8 Å².